The first kappa shape index (κ1) is 29.6. The van der Waals surface area contributed by atoms with E-state index in [4.69, 9.17) is 4.74 Å². The van der Waals surface area contributed by atoms with Crippen LogP contribution in [0.1, 0.15) is 74.7 Å². The van der Waals surface area contributed by atoms with Crippen LogP contribution in [0.25, 0.3) is 16.7 Å². The Hall–Kier alpha value is -3.38. The smallest absolute Gasteiger partial charge is 0.201 e. The van der Waals surface area contributed by atoms with Gasteiger partial charge in [0.2, 0.25) is 5.82 Å². The molecule has 0 aliphatic heterocycles. The van der Waals surface area contributed by atoms with Crippen molar-refractivity contribution in [3.05, 3.63) is 107 Å². The van der Waals surface area contributed by atoms with Crippen LogP contribution in [0.3, 0.4) is 0 Å². The molecule has 2 atom stereocenters. The number of aliphatic hydroxyl groups excluding tert-OH is 1. The third-order valence-electron chi connectivity index (χ3n) is 7.64. The third kappa shape index (κ3) is 6.84. The zero-order chi connectivity index (χ0) is 28.6. The minimum Gasteiger partial charge on any atom is -0.490 e. The van der Waals surface area contributed by atoms with Crippen molar-refractivity contribution in [2.45, 2.75) is 64.4 Å². The number of hydrogen-bond donors (Lipinski definition) is 1. The van der Waals surface area contributed by atoms with Gasteiger partial charge in [-0.1, -0.05) is 61.9 Å². The van der Waals surface area contributed by atoms with Gasteiger partial charge >= 0.3 is 0 Å². The normalized spacial score (nSPS) is 15.9. The Kier molecular flexibility index (Phi) is 10.2. The molecule has 0 saturated carbocycles. The molecule has 0 amide bonds. The molecule has 6 heteroatoms. The maximum Gasteiger partial charge on any atom is 0.201 e. The first-order chi connectivity index (χ1) is 19.3. The minimum absolute atomic E-state index is 0.111. The van der Waals surface area contributed by atoms with Crippen molar-refractivity contribution in [1.82, 2.24) is 0 Å². The molecule has 1 aliphatic rings. The molecule has 0 bridgehead atoms. The average molecular weight is 553 g/mol. The Labute approximate surface area is 234 Å². The highest BCUT2D eigenvalue weighted by Gasteiger charge is 2.22. The van der Waals surface area contributed by atoms with E-state index in [0.717, 1.165) is 24.0 Å². The maximum atomic E-state index is 15.0. The molecule has 0 fully saturated rings. The van der Waals surface area contributed by atoms with Gasteiger partial charge in [-0.3, -0.25) is 0 Å². The Bertz CT molecular complexity index is 1350. The quantitative estimate of drug-likeness (QED) is 0.138. The van der Waals surface area contributed by atoms with Gasteiger partial charge in [0.25, 0.3) is 0 Å². The van der Waals surface area contributed by atoms with Crippen LogP contribution in [-0.4, -0.2) is 11.7 Å². The van der Waals surface area contributed by atoms with Crippen molar-refractivity contribution in [2.75, 3.05) is 6.61 Å². The number of aliphatic hydroxyl groups is 1. The molecule has 0 heterocycles. The second-order valence-corrected chi connectivity index (χ2v) is 10.4. The summed E-state index contributed by atoms with van der Waals surface area (Å²) < 4.78 is 64.5. The average Bonchev–Trinajstić information content (AvgIpc) is 2.97. The lowest BCUT2D eigenvalue weighted by Gasteiger charge is -2.23. The summed E-state index contributed by atoms with van der Waals surface area (Å²) in [6.45, 7) is 5.80. The van der Waals surface area contributed by atoms with Crippen molar-refractivity contribution in [3.8, 4) is 16.9 Å². The van der Waals surface area contributed by atoms with E-state index in [9.17, 15) is 18.3 Å². The summed E-state index contributed by atoms with van der Waals surface area (Å²) >= 11 is 0. The van der Waals surface area contributed by atoms with Gasteiger partial charge < -0.3 is 9.84 Å². The number of halogens is 4. The molecule has 3 aromatic rings. The zero-order valence-electron chi connectivity index (χ0n) is 22.9. The van der Waals surface area contributed by atoms with E-state index in [2.05, 4.69) is 6.58 Å². The van der Waals surface area contributed by atoms with Crippen LogP contribution >= 0.6 is 0 Å². The molecule has 0 radical (unpaired) electrons. The molecule has 1 aliphatic carbocycles. The summed E-state index contributed by atoms with van der Waals surface area (Å²) in [5.41, 5.74) is 2.82. The second-order valence-electron chi connectivity index (χ2n) is 10.4. The van der Waals surface area contributed by atoms with Crippen molar-refractivity contribution < 1.29 is 27.4 Å². The number of hydrogen-bond acceptors (Lipinski definition) is 2. The van der Waals surface area contributed by atoms with Gasteiger partial charge in [-0.25, -0.2) is 13.2 Å². The van der Waals surface area contributed by atoms with Crippen LogP contribution in [0.15, 0.2) is 67.3 Å². The van der Waals surface area contributed by atoms with Gasteiger partial charge in [-0.2, -0.15) is 4.39 Å². The first-order valence-corrected chi connectivity index (χ1v) is 14.0. The molecule has 212 valence electrons. The Balaban J connectivity index is 1.37. The molecule has 1 N–H and O–H groups in total. The third-order valence-corrected chi connectivity index (χ3v) is 7.64. The molecule has 3 aromatic carbocycles. The van der Waals surface area contributed by atoms with Crippen LogP contribution in [0.2, 0.25) is 0 Å². The van der Waals surface area contributed by atoms with Gasteiger partial charge in [0.15, 0.2) is 23.2 Å². The molecule has 0 saturated heterocycles. The van der Waals surface area contributed by atoms with Crippen molar-refractivity contribution in [3.63, 3.8) is 0 Å². The van der Waals surface area contributed by atoms with Gasteiger partial charge in [0.1, 0.15) is 0 Å². The van der Waals surface area contributed by atoms with E-state index in [1.807, 2.05) is 13.0 Å². The fourth-order valence-electron chi connectivity index (χ4n) is 5.23. The molecule has 2 nitrogen and oxygen atoms in total. The van der Waals surface area contributed by atoms with Gasteiger partial charge in [-0.15, -0.1) is 6.58 Å². The van der Waals surface area contributed by atoms with E-state index >= 15 is 4.39 Å². The van der Waals surface area contributed by atoms with E-state index in [1.54, 1.807) is 48.5 Å². The molecule has 40 heavy (non-hydrogen) atoms. The van der Waals surface area contributed by atoms with Crippen molar-refractivity contribution in [1.29, 1.82) is 0 Å². The molecule has 4 rings (SSSR count). The van der Waals surface area contributed by atoms with Crippen LogP contribution in [0.4, 0.5) is 17.6 Å². The van der Waals surface area contributed by atoms with Crippen LogP contribution in [-0.2, 0) is 6.42 Å². The lowest BCUT2D eigenvalue weighted by molar-refractivity contribution is 0.166. The highest BCUT2D eigenvalue weighted by atomic mass is 19.2. The van der Waals surface area contributed by atoms with E-state index in [-0.39, 0.29) is 29.4 Å². The predicted molar refractivity (Wildman–Crippen MR) is 152 cm³/mol. The second kappa shape index (κ2) is 13.8. The molecule has 0 spiro atoms. The van der Waals surface area contributed by atoms with Gasteiger partial charge in [0, 0.05) is 11.1 Å². The van der Waals surface area contributed by atoms with Crippen LogP contribution < -0.4 is 4.74 Å². The fourth-order valence-corrected chi connectivity index (χ4v) is 5.23. The summed E-state index contributed by atoms with van der Waals surface area (Å²) in [4.78, 5) is 0. The summed E-state index contributed by atoms with van der Waals surface area (Å²) in [5, 5.41) is 10.1. The lowest BCUT2D eigenvalue weighted by atomic mass is 9.83. The van der Waals surface area contributed by atoms with E-state index in [0.29, 0.717) is 49.7 Å². The SMILES string of the molecule is C=CCCOc1ccc(C2=CCC(CCc3ccc(-c4ccc(C(O)CCC)cc4)c(F)c3F)CC2)c(F)c1F. The Morgan fingerprint density at radius 3 is 2.35 bits per heavy atom. The Morgan fingerprint density at radius 2 is 1.68 bits per heavy atom. The fraction of sp³-hybridized carbons (Fsp3) is 0.353. The number of allylic oxidation sites excluding steroid dienone is 2. The maximum absolute atomic E-state index is 15.0. The monoisotopic (exact) mass is 552 g/mol. The summed E-state index contributed by atoms with van der Waals surface area (Å²) in [7, 11) is 0. The van der Waals surface area contributed by atoms with E-state index < -0.39 is 29.4 Å². The molecular weight excluding hydrogens is 516 g/mol. The predicted octanol–water partition coefficient (Wildman–Crippen LogP) is 9.51. The summed E-state index contributed by atoms with van der Waals surface area (Å²) in [6, 6.07) is 13.1. The standard InChI is InChI=1S/C34H36F4O2/c1-3-5-21-40-30-20-19-28(33(37)34(30)38)23-10-7-22(8-11-23)9-12-26-17-18-27(32(36)31(26)35)24-13-15-25(16-14-24)29(39)6-4-2/h3,10,13-20,22,29,39H,1,4-9,11-12,21H2,2H3. The van der Waals surface area contributed by atoms with Gasteiger partial charge in [0.05, 0.1) is 12.7 Å². The highest BCUT2D eigenvalue weighted by molar-refractivity contribution is 5.68. The molecule has 0 aromatic heterocycles. The van der Waals surface area contributed by atoms with E-state index in [1.165, 1.54) is 6.07 Å². The molecular formula is C34H36F4O2. The van der Waals surface area contributed by atoms with Crippen molar-refractivity contribution in [2.24, 2.45) is 5.92 Å². The first-order valence-electron chi connectivity index (χ1n) is 14.0. The summed E-state index contributed by atoms with van der Waals surface area (Å²) in [6.07, 6.45) is 8.07. The van der Waals surface area contributed by atoms with Crippen LogP contribution in [0, 0.1) is 29.2 Å². The topological polar surface area (TPSA) is 29.5 Å². The number of aryl methyl sites for hydroxylation is 1. The number of ether oxygens (including phenoxy) is 1. The van der Waals surface area contributed by atoms with Crippen LogP contribution in [0.5, 0.6) is 5.75 Å². The molecule has 2 unspecified atom stereocenters. The lowest BCUT2D eigenvalue weighted by Crippen LogP contribution is -2.09. The van der Waals surface area contributed by atoms with Crippen molar-refractivity contribution >= 4 is 5.57 Å². The minimum atomic E-state index is -0.990. The largest absolute Gasteiger partial charge is 0.490 e. The Morgan fingerprint density at radius 1 is 0.950 bits per heavy atom. The number of benzene rings is 3. The highest BCUT2D eigenvalue weighted by Crippen LogP contribution is 2.36. The number of rotatable bonds is 12. The summed E-state index contributed by atoms with van der Waals surface area (Å²) in [5.74, 6) is -3.49. The zero-order valence-corrected chi connectivity index (χ0v) is 22.9. The van der Waals surface area contributed by atoms with Gasteiger partial charge in [-0.05, 0) is 85.3 Å².